The molecule has 1 aromatic carbocycles. The summed E-state index contributed by atoms with van der Waals surface area (Å²) >= 11 is 11.8. The average Bonchev–Trinajstić information content (AvgIpc) is 2.62. The van der Waals surface area contributed by atoms with Crippen molar-refractivity contribution in [2.45, 2.75) is 18.7 Å². The Labute approximate surface area is 132 Å². The second kappa shape index (κ2) is 5.40. The number of halogens is 2. The van der Waals surface area contributed by atoms with Crippen LogP contribution in [-0.2, 0) is 17.1 Å². The molecule has 0 radical (unpaired) electrons. The molecular weight excluding hydrogens is 335 g/mol. The Morgan fingerprint density at radius 3 is 2.43 bits per heavy atom. The highest BCUT2D eigenvalue weighted by molar-refractivity contribution is 7.92. The van der Waals surface area contributed by atoms with Crippen LogP contribution in [0.4, 0.5) is 11.4 Å². The maximum Gasteiger partial charge on any atom is 0.263 e. The SMILES string of the molecule is Cc1nn(C)c(C)c1NS(=O)(=O)c1ccc(Cl)c(N)c1Cl. The Kier molecular flexibility index (Phi) is 4.10. The van der Waals surface area contributed by atoms with Crippen LogP contribution in [0.25, 0.3) is 0 Å². The van der Waals surface area contributed by atoms with Gasteiger partial charge in [0, 0.05) is 7.05 Å². The topological polar surface area (TPSA) is 90.0 Å². The van der Waals surface area contributed by atoms with E-state index < -0.39 is 10.0 Å². The fourth-order valence-electron chi connectivity index (χ4n) is 1.87. The van der Waals surface area contributed by atoms with Gasteiger partial charge in [-0.15, -0.1) is 0 Å². The van der Waals surface area contributed by atoms with Crippen LogP contribution in [0.5, 0.6) is 0 Å². The van der Waals surface area contributed by atoms with E-state index in [0.717, 1.165) is 0 Å². The fourth-order valence-corrected chi connectivity index (χ4v) is 3.81. The van der Waals surface area contributed by atoms with E-state index in [4.69, 9.17) is 28.9 Å². The number of nitrogens with zero attached hydrogens (tertiary/aromatic N) is 2. The summed E-state index contributed by atoms with van der Waals surface area (Å²) in [5, 5.41) is 4.25. The molecule has 0 aliphatic rings. The van der Waals surface area contributed by atoms with Gasteiger partial charge < -0.3 is 5.73 Å². The number of aryl methyl sites for hydroxylation is 2. The molecule has 21 heavy (non-hydrogen) atoms. The molecule has 0 saturated heterocycles. The molecule has 0 fully saturated rings. The van der Waals surface area contributed by atoms with Gasteiger partial charge in [-0.3, -0.25) is 9.40 Å². The molecule has 9 heteroatoms. The summed E-state index contributed by atoms with van der Waals surface area (Å²) < 4.78 is 29.0. The molecule has 0 aliphatic carbocycles. The first-order valence-electron chi connectivity index (χ1n) is 5.91. The lowest BCUT2D eigenvalue weighted by Crippen LogP contribution is -2.15. The van der Waals surface area contributed by atoms with Crippen LogP contribution in [0, 0.1) is 13.8 Å². The Hall–Kier alpha value is -1.44. The molecule has 3 N–H and O–H groups in total. The number of nitrogen functional groups attached to an aromatic ring is 1. The molecule has 0 amide bonds. The van der Waals surface area contributed by atoms with E-state index >= 15 is 0 Å². The first-order valence-corrected chi connectivity index (χ1v) is 8.15. The normalized spacial score (nSPS) is 11.7. The fraction of sp³-hybridized carbons (Fsp3) is 0.250. The van der Waals surface area contributed by atoms with Crippen molar-refractivity contribution >= 4 is 44.6 Å². The number of aromatic nitrogens is 2. The zero-order chi connectivity index (χ0) is 15.9. The number of nitrogens with two attached hydrogens (primary N) is 1. The van der Waals surface area contributed by atoms with Gasteiger partial charge in [-0.1, -0.05) is 23.2 Å². The van der Waals surface area contributed by atoms with E-state index in [1.807, 2.05) is 0 Å². The highest BCUT2D eigenvalue weighted by Crippen LogP contribution is 2.34. The van der Waals surface area contributed by atoms with Crippen molar-refractivity contribution in [3.8, 4) is 0 Å². The van der Waals surface area contributed by atoms with Crippen LogP contribution in [0.2, 0.25) is 10.0 Å². The van der Waals surface area contributed by atoms with Crippen molar-refractivity contribution in [3.05, 3.63) is 33.6 Å². The quantitative estimate of drug-likeness (QED) is 0.834. The monoisotopic (exact) mass is 348 g/mol. The number of benzene rings is 1. The molecule has 114 valence electrons. The molecule has 0 bridgehead atoms. The van der Waals surface area contributed by atoms with Crippen molar-refractivity contribution in [1.29, 1.82) is 0 Å². The largest absolute Gasteiger partial charge is 0.396 e. The standard InChI is InChI=1S/C12H14Cl2N4O2S/c1-6-12(7(2)18(3)16-6)17-21(19,20)9-5-4-8(13)11(15)10(9)14/h4-5,17H,15H2,1-3H3. The third-order valence-corrected chi connectivity index (χ3v) is 5.37. The van der Waals surface area contributed by atoms with Crippen molar-refractivity contribution in [1.82, 2.24) is 9.78 Å². The maximum atomic E-state index is 12.5. The minimum atomic E-state index is -3.89. The summed E-state index contributed by atoms with van der Waals surface area (Å²) in [6, 6.07) is 2.70. The van der Waals surface area contributed by atoms with E-state index in [-0.39, 0.29) is 20.6 Å². The lowest BCUT2D eigenvalue weighted by Gasteiger charge is -2.11. The highest BCUT2D eigenvalue weighted by Gasteiger charge is 2.23. The van der Waals surface area contributed by atoms with Crippen LogP contribution >= 0.6 is 23.2 Å². The van der Waals surface area contributed by atoms with Gasteiger partial charge in [0.1, 0.15) is 4.90 Å². The van der Waals surface area contributed by atoms with E-state index in [9.17, 15) is 8.42 Å². The Morgan fingerprint density at radius 2 is 1.90 bits per heavy atom. The number of hydrogen-bond donors (Lipinski definition) is 2. The van der Waals surface area contributed by atoms with Crippen LogP contribution < -0.4 is 10.5 Å². The van der Waals surface area contributed by atoms with E-state index in [1.54, 1.807) is 25.6 Å². The van der Waals surface area contributed by atoms with Crippen LogP contribution in [0.3, 0.4) is 0 Å². The summed E-state index contributed by atoms with van der Waals surface area (Å²) in [5.74, 6) is 0. The van der Waals surface area contributed by atoms with Crippen molar-refractivity contribution in [2.24, 2.45) is 7.05 Å². The van der Waals surface area contributed by atoms with Gasteiger partial charge in [-0.25, -0.2) is 8.42 Å². The summed E-state index contributed by atoms with van der Waals surface area (Å²) in [5.41, 5.74) is 7.37. The number of anilines is 2. The molecule has 1 heterocycles. The maximum absolute atomic E-state index is 12.5. The lowest BCUT2D eigenvalue weighted by atomic mass is 10.3. The molecular formula is C12H14Cl2N4O2S. The van der Waals surface area contributed by atoms with Gasteiger partial charge >= 0.3 is 0 Å². The third kappa shape index (κ3) is 2.81. The smallest absolute Gasteiger partial charge is 0.263 e. The molecule has 0 saturated carbocycles. The van der Waals surface area contributed by atoms with Crippen LogP contribution in [0.1, 0.15) is 11.4 Å². The Bertz CT molecular complexity index is 815. The summed E-state index contributed by atoms with van der Waals surface area (Å²) in [7, 11) is -2.16. The predicted molar refractivity (Wildman–Crippen MR) is 84.4 cm³/mol. The lowest BCUT2D eigenvalue weighted by molar-refractivity contribution is 0.601. The van der Waals surface area contributed by atoms with Gasteiger partial charge in [-0.2, -0.15) is 5.10 Å². The number of sulfonamides is 1. The van der Waals surface area contributed by atoms with Crippen LogP contribution in [-0.4, -0.2) is 18.2 Å². The molecule has 2 rings (SSSR count). The third-order valence-electron chi connectivity index (χ3n) is 3.13. The summed E-state index contributed by atoms with van der Waals surface area (Å²) in [6.07, 6.45) is 0. The first kappa shape index (κ1) is 15.9. The molecule has 0 aliphatic heterocycles. The zero-order valence-corrected chi connectivity index (χ0v) is 13.9. The Balaban J connectivity index is 2.51. The number of nitrogens with one attached hydrogen (secondary N) is 1. The van der Waals surface area contributed by atoms with Crippen molar-refractivity contribution in [2.75, 3.05) is 10.5 Å². The minimum Gasteiger partial charge on any atom is -0.396 e. The van der Waals surface area contributed by atoms with E-state index in [1.165, 1.54) is 12.1 Å². The first-order chi connectivity index (χ1) is 9.65. The second-order valence-electron chi connectivity index (χ2n) is 4.55. The van der Waals surface area contributed by atoms with Crippen LogP contribution in [0.15, 0.2) is 17.0 Å². The Morgan fingerprint density at radius 1 is 1.29 bits per heavy atom. The highest BCUT2D eigenvalue weighted by atomic mass is 35.5. The van der Waals surface area contributed by atoms with Gasteiger partial charge in [-0.05, 0) is 26.0 Å². The van der Waals surface area contributed by atoms with E-state index in [2.05, 4.69) is 9.82 Å². The molecule has 0 unspecified atom stereocenters. The number of rotatable bonds is 3. The van der Waals surface area contributed by atoms with Crippen molar-refractivity contribution < 1.29 is 8.42 Å². The molecule has 0 atom stereocenters. The van der Waals surface area contributed by atoms with Gasteiger partial charge in [0.15, 0.2) is 0 Å². The van der Waals surface area contributed by atoms with E-state index in [0.29, 0.717) is 17.1 Å². The zero-order valence-electron chi connectivity index (χ0n) is 11.6. The van der Waals surface area contributed by atoms with Crippen molar-refractivity contribution in [3.63, 3.8) is 0 Å². The average molecular weight is 349 g/mol. The predicted octanol–water partition coefficient (Wildman–Crippen LogP) is 2.73. The van der Waals surface area contributed by atoms with Gasteiger partial charge in [0.25, 0.3) is 10.0 Å². The summed E-state index contributed by atoms with van der Waals surface area (Å²) in [6.45, 7) is 3.47. The summed E-state index contributed by atoms with van der Waals surface area (Å²) in [4.78, 5) is -0.131. The van der Waals surface area contributed by atoms with Gasteiger partial charge in [0.2, 0.25) is 0 Å². The van der Waals surface area contributed by atoms with Gasteiger partial charge in [0.05, 0.1) is 32.8 Å². The molecule has 2 aromatic rings. The second-order valence-corrected chi connectivity index (χ2v) is 6.98. The minimum absolute atomic E-state index is 0.0286. The molecule has 6 nitrogen and oxygen atoms in total. The molecule has 0 spiro atoms. The molecule has 1 aromatic heterocycles. The number of hydrogen-bond acceptors (Lipinski definition) is 4.